The fourth-order valence-corrected chi connectivity index (χ4v) is 4.67. The number of amides is 2. The van der Waals surface area contributed by atoms with E-state index in [4.69, 9.17) is 9.84 Å². The van der Waals surface area contributed by atoms with Crippen molar-refractivity contribution in [3.8, 4) is 11.1 Å². The highest BCUT2D eigenvalue weighted by atomic mass is 16.5. The van der Waals surface area contributed by atoms with Gasteiger partial charge in [-0.25, -0.2) is 4.79 Å². The molecule has 1 fully saturated rings. The van der Waals surface area contributed by atoms with E-state index in [-0.39, 0.29) is 24.9 Å². The number of carbonyl (C=O) groups excluding carboxylic acids is 2. The van der Waals surface area contributed by atoms with Crippen LogP contribution in [0.2, 0.25) is 0 Å². The Morgan fingerprint density at radius 3 is 2.09 bits per heavy atom. The summed E-state index contributed by atoms with van der Waals surface area (Å²) in [6, 6.07) is 16.4. The number of carboxylic acids is 1. The monoisotopic (exact) mass is 464 g/mol. The molecule has 180 valence electrons. The topological polar surface area (TPSA) is 105 Å². The first-order valence-electron chi connectivity index (χ1n) is 12.1. The third kappa shape index (κ3) is 5.58. The van der Waals surface area contributed by atoms with E-state index < -0.39 is 17.6 Å². The zero-order valence-electron chi connectivity index (χ0n) is 19.3. The van der Waals surface area contributed by atoms with Crippen LogP contribution in [-0.2, 0) is 14.3 Å². The molecule has 7 nitrogen and oxygen atoms in total. The highest BCUT2D eigenvalue weighted by Gasteiger charge is 2.51. The van der Waals surface area contributed by atoms with Crippen molar-refractivity contribution in [2.24, 2.45) is 0 Å². The maximum absolute atomic E-state index is 12.6. The molecule has 7 heteroatoms. The van der Waals surface area contributed by atoms with Crippen LogP contribution in [0.25, 0.3) is 11.1 Å². The van der Waals surface area contributed by atoms with Gasteiger partial charge in [-0.15, -0.1) is 0 Å². The van der Waals surface area contributed by atoms with Crippen molar-refractivity contribution in [2.75, 3.05) is 13.2 Å². The van der Waals surface area contributed by atoms with Crippen LogP contribution in [0, 0.1) is 0 Å². The van der Waals surface area contributed by atoms with Gasteiger partial charge in [0.15, 0.2) is 0 Å². The molecule has 0 spiro atoms. The van der Waals surface area contributed by atoms with Crippen molar-refractivity contribution in [2.45, 2.75) is 62.8 Å². The summed E-state index contributed by atoms with van der Waals surface area (Å²) in [4.78, 5) is 35.7. The summed E-state index contributed by atoms with van der Waals surface area (Å²) >= 11 is 0. The fourth-order valence-electron chi connectivity index (χ4n) is 4.67. The van der Waals surface area contributed by atoms with E-state index in [9.17, 15) is 14.4 Å². The molecule has 0 heterocycles. The number of carboxylic acid groups (broad SMARTS) is 1. The van der Waals surface area contributed by atoms with Crippen LogP contribution < -0.4 is 10.6 Å². The summed E-state index contributed by atoms with van der Waals surface area (Å²) in [5.74, 6) is -0.935. The van der Waals surface area contributed by atoms with Gasteiger partial charge < -0.3 is 20.5 Å². The first kappa shape index (κ1) is 23.8. The normalized spacial score (nSPS) is 15.2. The number of rotatable bonds is 12. The summed E-state index contributed by atoms with van der Waals surface area (Å²) in [6.07, 6.45) is 5.16. The first-order chi connectivity index (χ1) is 16.5. The first-order valence-corrected chi connectivity index (χ1v) is 12.1. The number of unbranched alkanes of at least 4 members (excludes halogenated alkanes) is 4. The van der Waals surface area contributed by atoms with Crippen molar-refractivity contribution in [3.63, 3.8) is 0 Å². The lowest BCUT2D eigenvalue weighted by Crippen LogP contribution is -2.49. The Hall–Kier alpha value is -3.35. The highest BCUT2D eigenvalue weighted by Crippen LogP contribution is 2.44. The average molecular weight is 465 g/mol. The Morgan fingerprint density at radius 1 is 0.882 bits per heavy atom. The van der Waals surface area contributed by atoms with Gasteiger partial charge in [-0.3, -0.25) is 9.59 Å². The molecule has 1 saturated carbocycles. The van der Waals surface area contributed by atoms with E-state index >= 15 is 0 Å². The molecular formula is C27H32N2O5. The SMILES string of the molecule is O=C(O)CCCCCCCNC(=O)C1(NC(=O)OCC2c3ccccc3-c3ccccc32)CC1. The lowest BCUT2D eigenvalue weighted by molar-refractivity contribution is -0.137. The summed E-state index contributed by atoms with van der Waals surface area (Å²) in [7, 11) is 0. The Kier molecular flexibility index (Phi) is 7.50. The van der Waals surface area contributed by atoms with Crippen molar-refractivity contribution in [1.82, 2.24) is 10.6 Å². The predicted octanol–water partition coefficient (Wildman–Crippen LogP) is 4.60. The third-order valence-corrected chi connectivity index (χ3v) is 6.72. The number of benzene rings is 2. The molecule has 0 aromatic heterocycles. The van der Waals surface area contributed by atoms with E-state index in [2.05, 4.69) is 34.9 Å². The fraction of sp³-hybridized carbons (Fsp3) is 0.444. The smallest absolute Gasteiger partial charge is 0.408 e. The van der Waals surface area contributed by atoms with Crippen molar-refractivity contribution >= 4 is 18.0 Å². The van der Waals surface area contributed by atoms with Crippen LogP contribution in [0.1, 0.15) is 68.4 Å². The molecule has 0 saturated heterocycles. The maximum Gasteiger partial charge on any atom is 0.408 e. The number of aliphatic carboxylic acids is 1. The second-order valence-electron chi connectivity index (χ2n) is 9.20. The zero-order valence-corrected chi connectivity index (χ0v) is 19.3. The van der Waals surface area contributed by atoms with Crippen molar-refractivity contribution < 1.29 is 24.2 Å². The van der Waals surface area contributed by atoms with E-state index in [1.807, 2.05) is 24.3 Å². The minimum absolute atomic E-state index is 0.0161. The molecule has 0 bridgehead atoms. The van der Waals surface area contributed by atoms with Gasteiger partial charge in [0.2, 0.25) is 5.91 Å². The molecule has 2 aliphatic rings. The third-order valence-electron chi connectivity index (χ3n) is 6.72. The van der Waals surface area contributed by atoms with E-state index in [1.165, 1.54) is 11.1 Å². The Balaban J connectivity index is 1.20. The number of nitrogens with one attached hydrogen (secondary N) is 2. The summed E-state index contributed by atoms with van der Waals surface area (Å²) in [5.41, 5.74) is 3.79. The van der Waals surface area contributed by atoms with Crippen LogP contribution in [0.4, 0.5) is 4.79 Å². The van der Waals surface area contributed by atoms with Gasteiger partial charge in [-0.1, -0.05) is 67.8 Å². The number of fused-ring (bicyclic) bond motifs is 3. The molecule has 0 unspecified atom stereocenters. The number of hydrogen-bond donors (Lipinski definition) is 3. The molecule has 2 aromatic carbocycles. The maximum atomic E-state index is 12.6. The van der Waals surface area contributed by atoms with Gasteiger partial charge in [0.25, 0.3) is 0 Å². The van der Waals surface area contributed by atoms with Gasteiger partial charge >= 0.3 is 12.1 Å². The molecule has 0 radical (unpaired) electrons. The quantitative estimate of drug-likeness (QED) is 0.398. The predicted molar refractivity (Wildman–Crippen MR) is 129 cm³/mol. The molecule has 34 heavy (non-hydrogen) atoms. The Labute approximate surface area is 199 Å². The van der Waals surface area contributed by atoms with Gasteiger partial charge in [-0.2, -0.15) is 0 Å². The molecule has 2 aliphatic carbocycles. The van der Waals surface area contributed by atoms with Crippen molar-refractivity contribution in [1.29, 1.82) is 0 Å². The van der Waals surface area contributed by atoms with E-state index in [1.54, 1.807) is 0 Å². The molecule has 0 atom stereocenters. The van der Waals surface area contributed by atoms with Crippen LogP contribution >= 0.6 is 0 Å². The van der Waals surface area contributed by atoms with E-state index in [0.717, 1.165) is 36.8 Å². The Bertz CT molecular complexity index is 1000. The van der Waals surface area contributed by atoms with Gasteiger partial charge in [0, 0.05) is 18.9 Å². The van der Waals surface area contributed by atoms with Gasteiger partial charge in [0.05, 0.1) is 0 Å². The van der Waals surface area contributed by atoms with Crippen LogP contribution in [0.3, 0.4) is 0 Å². The minimum Gasteiger partial charge on any atom is -0.481 e. The number of carbonyl (C=O) groups is 3. The minimum atomic E-state index is -0.857. The number of ether oxygens (including phenoxy) is 1. The highest BCUT2D eigenvalue weighted by molar-refractivity contribution is 5.92. The van der Waals surface area contributed by atoms with Gasteiger partial charge in [-0.05, 0) is 47.9 Å². The lowest BCUT2D eigenvalue weighted by Gasteiger charge is -2.19. The van der Waals surface area contributed by atoms with Crippen molar-refractivity contribution in [3.05, 3.63) is 59.7 Å². The van der Waals surface area contributed by atoms with E-state index in [0.29, 0.717) is 25.8 Å². The number of hydrogen-bond acceptors (Lipinski definition) is 4. The zero-order chi connectivity index (χ0) is 24.0. The molecule has 3 N–H and O–H groups in total. The summed E-state index contributed by atoms with van der Waals surface area (Å²) in [6.45, 7) is 0.769. The average Bonchev–Trinajstić information content (AvgIpc) is 3.54. The lowest BCUT2D eigenvalue weighted by atomic mass is 9.98. The molecule has 4 rings (SSSR count). The van der Waals surface area contributed by atoms with Crippen LogP contribution in [-0.4, -0.2) is 41.8 Å². The summed E-state index contributed by atoms with van der Waals surface area (Å²) in [5, 5.41) is 14.4. The Morgan fingerprint density at radius 2 is 1.47 bits per heavy atom. The molecular weight excluding hydrogens is 432 g/mol. The molecule has 0 aliphatic heterocycles. The van der Waals surface area contributed by atoms with Crippen LogP contribution in [0.15, 0.2) is 48.5 Å². The second kappa shape index (κ2) is 10.7. The molecule has 2 aromatic rings. The molecule has 2 amide bonds. The largest absolute Gasteiger partial charge is 0.481 e. The summed E-state index contributed by atoms with van der Waals surface area (Å²) < 4.78 is 5.59. The van der Waals surface area contributed by atoms with Crippen LogP contribution in [0.5, 0.6) is 0 Å². The second-order valence-corrected chi connectivity index (χ2v) is 9.20. The standard InChI is InChI=1S/C27H32N2O5/c30-24(31)14-4-2-1-3-9-17-28-25(32)27(15-16-27)29-26(33)34-18-23-21-12-7-5-10-19(21)20-11-6-8-13-22(20)23/h5-8,10-13,23H,1-4,9,14-18H2,(H,28,32)(H,29,33)(H,30,31). The van der Waals surface area contributed by atoms with Gasteiger partial charge in [0.1, 0.15) is 12.1 Å². The number of alkyl carbamates (subject to hydrolysis) is 1.